The van der Waals surface area contributed by atoms with Crippen LogP contribution in [0.5, 0.6) is 28.7 Å². The lowest BCUT2D eigenvalue weighted by Crippen LogP contribution is -2.41. The number of hydrogen-bond donors (Lipinski definition) is 1. The van der Waals surface area contributed by atoms with Gasteiger partial charge in [-0.1, -0.05) is 15.9 Å². The maximum absolute atomic E-state index is 12.8. The van der Waals surface area contributed by atoms with Gasteiger partial charge in [0.15, 0.2) is 23.0 Å². The summed E-state index contributed by atoms with van der Waals surface area (Å²) in [5.41, 5.74) is 2.59. The monoisotopic (exact) mass is 509 g/mol. The zero-order valence-electron chi connectivity index (χ0n) is 18.9. The molecule has 1 unspecified atom stereocenters. The maximum Gasteiger partial charge on any atom is 0.410 e. The number of ether oxygens (including phenoxy) is 5. The van der Waals surface area contributed by atoms with Gasteiger partial charge in [-0.25, -0.2) is 4.79 Å². The van der Waals surface area contributed by atoms with E-state index in [1.807, 2.05) is 12.1 Å². The van der Waals surface area contributed by atoms with Crippen molar-refractivity contribution in [3.63, 3.8) is 0 Å². The predicted octanol–water partition coefficient (Wildman–Crippen LogP) is 4.49. The Kier molecular flexibility index (Phi) is 7.60. The van der Waals surface area contributed by atoms with E-state index in [2.05, 4.69) is 15.9 Å². The van der Waals surface area contributed by atoms with Crippen molar-refractivity contribution >= 4 is 22.0 Å². The highest BCUT2D eigenvalue weighted by Gasteiger charge is 2.36. The normalized spacial score (nSPS) is 15.1. The summed E-state index contributed by atoms with van der Waals surface area (Å²) in [7, 11) is 6.14. The molecule has 3 rings (SSSR count). The van der Waals surface area contributed by atoms with E-state index >= 15 is 0 Å². The third-order valence-corrected chi connectivity index (χ3v) is 6.33. The highest BCUT2D eigenvalue weighted by Crippen LogP contribution is 2.47. The van der Waals surface area contributed by atoms with E-state index in [0.717, 1.165) is 21.2 Å². The summed E-state index contributed by atoms with van der Waals surface area (Å²) < 4.78 is 27.9. The van der Waals surface area contributed by atoms with E-state index in [9.17, 15) is 9.90 Å². The Bertz CT molecular complexity index is 995. The van der Waals surface area contributed by atoms with Crippen molar-refractivity contribution in [2.45, 2.75) is 25.8 Å². The number of carbonyl (C=O) groups excluding carboxylic acids is 1. The number of amides is 1. The number of phenolic OH excluding ortho intramolecular Hbond substituents is 1. The van der Waals surface area contributed by atoms with Crippen LogP contribution < -0.4 is 18.9 Å². The van der Waals surface area contributed by atoms with E-state index in [1.54, 1.807) is 32.1 Å². The molecule has 0 spiro atoms. The van der Waals surface area contributed by atoms with Gasteiger partial charge in [0.2, 0.25) is 5.75 Å². The topological polar surface area (TPSA) is 86.7 Å². The first-order chi connectivity index (χ1) is 15.4. The summed E-state index contributed by atoms with van der Waals surface area (Å²) in [6.45, 7) is 2.47. The Morgan fingerprint density at radius 2 is 1.72 bits per heavy atom. The fourth-order valence-corrected chi connectivity index (χ4v) is 4.56. The van der Waals surface area contributed by atoms with Crippen molar-refractivity contribution in [1.29, 1.82) is 0 Å². The molecule has 174 valence electrons. The van der Waals surface area contributed by atoms with E-state index in [1.165, 1.54) is 14.2 Å². The number of halogens is 1. The fraction of sp³-hybridized carbons (Fsp3) is 0.435. The number of aromatic hydroxyl groups is 1. The van der Waals surface area contributed by atoms with Gasteiger partial charge in [0, 0.05) is 16.6 Å². The number of fused-ring (bicyclic) bond motifs is 1. The van der Waals surface area contributed by atoms with E-state index in [0.29, 0.717) is 36.6 Å². The first kappa shape index (κ1) is 23.8. The van der Waals surface area contributed by atoms with Crippen molar-refractivity contribution in [2.75, 3.05) is 41.6 Å². The number of nitrogens with zero attached hydrogens (tertiary/aromatic N) is 1. The van der Waals surface area contributed by atoms with Gasteiger partial charge in [-0.3, -0.25) is 0 Å². The number of rotatable bonds is 7. The molecule has 0 saturated carbocycles. The molecule has 0 aliphatic carbocycles. The third kappa shape index (κ3) is 4.39. The molecule has 0 saturated heterocycles. The number of methoxy groups -OCH3 is 4. The average Bonchev–Trinajstić information content (AvgIpc) is 2.79. The van der Waals surface area contributed by atoms with Crippen molar-refractivity contribution in [2.24, 2.45) is 0 Å². The molecule has 1 amide bonds. The van der Waals surface area contributed by atoms with Crippen molar-refractivity contribution < 1.29 is 33.6 Å². The Morgan fingerprint density at radius 1 is 1.06 bits per heavy atom. The molecule has 0 radical (unpaired) electrons. The van der Waals surface area contributed by atoms with Gasteiger partial charge in [0.05, 0.1) is 41.1 Å². The molecule has 0 aromatic heterocycles. The smallest absolute Gasteiger partial charge is 0.410 e. The van der Waals surface area contributed by atoms with E-state index in [-0.39, 0.29) is 24.1 Å². The standard InChI is InChI=1S/C23H28BrNO7/c1-6-32-23(27)25-8-7-14-15(11-20(30-4)21(26)22(14)31-5)17(25)9-13-10-18(28-2)19(29-3)12-16(13)24/h10-12,17,26H,6-9H2,1-5H3. The number of benzene rings is 2. The van der Waals surface area contributed by atoms with Crippen molar-refractivity contribution in [3.05, 3.63) is 39.4 Å². The lowest BCUT2D eigenvalue weighted by Gasteiger charge is -2.37. The molecule has 1 N–H and O–H groups in total. The van der Waals surface area contributed by atoms with Gasteiger partial charge in [-0.2, -0.15) is 0 Å². The molecular weight excluding hydrogens is 482 g/mol. The quantitative estimate of drug-likeness (QED) is 0.588. The van der Waals surface area contributed by atoms with Gasteiger partial charge >= 0.3 is 6.09 Å². The third-order valence-electron chi connectivity index (χ3n) is 5.59. The van der Waals surface area contributed by atoms with Gasteiger partial charge in [-0.15, -0.1) is 0 Å². The van der Waals surface area contributed by atoms with Crippen molar-refractivity contribution in [3.8, 4) is 28.7 Å². The zero-order chi connectivity index (χ0) is 23.4. The first-order valence-electron chi connectivity index (χ1n) is 10.2. The van der Waals surface area contributed by atoms with Crippen LogP contribution in [0.3, 0.4) is 0 Å². The van der Waals surface area contributed by atoms with Gasteiger partial charge < -0.3 is 33.7 Å². The Balaban J connectivity index is 2.15. The van der Waals surface area contributed by atoms with Crippen LogP contribution in [0, 0.1) is 0 Å². The van der Waals surface area contributed by atoms with Crippen LogP contribution in [-0.4, -0.2) is 57.7 Å². The number of carbonyl (C=O) groups is 1. The largest absolute Gasteiger partial charge is 0.502 e. The second kappa shape index (κ2) is 10.2. The molecule has 1 heterocycles. The second-order valence-corrected chi connectivity index (χ2v) is 8.04. The minimum Gasteiger partial charge on any atom is -0.502 e. The highest BCUT2D eigenvalue weighted by molar-refractivity contribution is 9.10. The van der Waals surface area contributed by atoms with Crippen LogP contribution in [0.15, 0.2) is 22.7 Å². The fourth-order valence-electron chi connectivity index (χ4n) is 4.08. The summed E-state index contributed by atoms with van der Waals surface area (Å²) in [5, 5.41) is 10.6. The minimum absolute atomic E-state index is 0.0515. The minimum atomic E-state index is -0.397. The van der Waals surface area contributed by atoms with Crippen LogP contribution in [0.2, 0.25) is 0 Å². The number of hydrogen-bond acceptors (Lipinski definition) is 7. The Hall–Kier alpha value is -2.81. The van der Waals surface area contributed by atoms with Crippen molar-refractivity contribution in [1.82, 2.24) is 4.90 Å². The van der Waals surface area contributed by atoms with Crippen LogP contribution >= 0.6 is 15.9 Å². The molecule has 9 heteroatoms. The number of phenols is 1. The van der Waals surface area contributed by atoms with Gasteiger partial charge in [-0.05, 0) is 49.1 Å². The molecule has 0 fully saturated rings. The molecule has 2 aromatic rings. The second-order valence-electron chi connectivity index (χ2n) is 7.19. The first-order valence-corrected chi connectivity index (χ1v) is 11.0. The van der Waals surface area contributed by atoms with Gasteiger partial charge in [0.25, 0.3) is 0 Å². The molecule has 1 aliphatic rings. The van der Waals surface area contributed by atoms with E-state index < -0.39 is 6.09 Å². The summed E-state index contributed by atoms with van der Waals surface area (Å²) >= 11 is 3.61. The van der Waals surface area contributed by atoms with Crippen LogP contribution in [0.4, 0.5) is 4.79 Å². The Labute approximate surface area is 196 Å². The van der Waals surface area contributed by atoms with E-state index in [4.69, 9.17) is 23.7 Å². The van der Waals surface area contributed by atoms with Crippen LogP contribution in [0.25, 0.3) is 0 Å². The molecular formula is C23H28BrNO7. The molecule has 8 nitrogen and oxygen atoms in total. The SMILES string of the molecule is CCOC(=O)N1CCc2c(cc(OC)c(O)c2OC)C1Cc1cc(OC)c(OC)cc1Br. The molecule has 32 heavy (non-hydrogen) atoms. The molecule has 1 aliphatic heterocycles. The maximum atomic E-state index is 12.8. The summed E-state index contributed by atoms with van der Waals surface area (Å²) in [6.07, 6.45) is 0.577. The molecule has 0 bridgehead atoms. The lowest BCUT2D eigenvalue weighted by molar-refractivity contribution is 0.0859. The lowest BCUT2D eigenvalue weighted by atomic mass is 9.87. The molecule has 2 aromatic carbocycles. The van der Waals surface area contributed by atoms with Gasteiger partial charge in [0.1, 0.15) is 0 Å². The average molecular weight is 510 g/mol. The predicted molar refractivity (Wildman–Crippen MR) is 122 cm³/mol. The van der Waals surface area contributed by atoms with Crippen LogP contribution in [-0.2, 0) is 17.6 Å². The Morgan fingerprint density at radius 3 is 2.31 bits per heavy atom. The zero-order valence-corrected chi connectivity index (χ0v) is 20.4. The summed E-state index contributed by atoms with van der Waals surface area (Å²) in [6, 6.07) is 5.10. The summed E-state index contributed by atoms with van der Waals surface area (Å²) in [4.78, 5) is 14.5. The van der Waals surface area contributed by atoms with Crippen LogP contribution in [0.1, 0.15) is 29.7 Å². The summed E-state index contributed by atoms with van der Waals surface area (Å²) in [5.74, 6) is 1.78. The highest BCUT2D eigenvalue weighted by atomic mass is 79.9. The molecule has 1 atom stereocenters.